The molecule has 0 bridgehead atoms. The van der Waals surface area contributed by atoms with Gasteiger partial charge in [-0.3, -0.25) is 9.78 Å². The monoisotopic (exact) mass is 252 g/mol. The second-order valence-electron chi connectivity index (χ2n) is 3.47. The second kappa shape index (κ2) is 4.87. The molecule has 0 saturated heterocycles. The zero-order valence-electron chi connectivity index (χ0n) is 8.95. The molecule has 1 aromatic heterocycles. The van der Waals surface area contributed by atoms with E-state index in [2.05, 4.69) is 10.3 Å². The summed E-state index contributed by atoms with van der Waals surface area (Å²) >= 11 is 0. The van der Waals surface area contributed by atoms with Gasteiger partial charge >= 0.3 is 0 Å². The molecule has 18 heavy (non-hydrogen) atoms. The van der Waals surface area contributed by atoms with Crippen molar-refractivity contribution in [1.29, 1.82) is 0 Å². The largest absolute Gasteiger partial charge is 0.320 e. The molecule has 1 aromatic carbocycles. The molecule has 3 nitrogen and oxygen atoms in total. The molecule has 1 N–H and O–H groups in total. The van der Waals surface area contributed by atoms with E-state index in [1.165, 1.54) is 6.20 Å². The van der Waals surface area contributed by atoms with Crippen LogP contribution in [0, 0.1) is 17.5 Å². The molecule has 0 spiro atoms. The fourth-order valence-electron chi connectivity index (χ4n) is 1.32. The minimum absolute atomic E-state index is 0.0711. The summed E-state index contributed by atoms with van der Waals surface area (Å²) in [5.74, 6) is -3.46. The third-order valence-electron chi connectivity index (χ3n) is 2.14. The number of hydrogen-bond donors (Lipinski definition) is 1. The van der Waals surface area contributed by atoms with E-state index in [0.29, 0.717) is 0 Å². The number of aromatic nitrogens is 1. The van der Waals surface area contributed by atoms with Gasteiger partial charge in [-0.1, -0.05) is 0 Å². The van der Waals surface area contributed by atoms with Gasteiger partial charge in [-0.15, -0.1) is 0 Å². The first-order valence-electron chi connectivity index (χ1n) is 4.93. The van der Waals surface area contributed by atoms with Crippen molar-refractivity contribution >= 4 is 11.6 Å². The molecule has 2 rings (SSSR count). The summed E-state index contributed by atoms with van der Waals surface area (Å²) in [7, 11) is 0. The minimum atomic E-state index is -1.12. The van der Waals surface area contributed by atoms with E-state index in [0.717, 1.165) is 30.5 Å². The summed E-state index contributed by atoms with van der Waals surface area (Å²) in [6, 6.07) is 3.79. The molecule has 0 aliphatic rings. The Bertz CT molecular complexity index is 602. The molecule has 0 aliphatic heterocycles. The SMILES string of the molecule is O=C(Nc1cncc(F)c1)c1ccc(F)c(F)c1. The topological polar surface area (TPSA) is 42.0 Å². The summed E-state index contributed by atoms with van der Waals surface area (Å²) < 4.78 is 38.4. The number of amides is 1. The van der Waals surface area contributed by atoms with E-state index in [1.807, 2.05) is 0 Å². The first-order valence-corrected chi connectivity index (χ1v) is 4.93. The van der Waals surface area contributed by atoms with Crippen LogP contribution in [0.5, 0.6) is 0 Å². The first kappa shape index (κ1) is 12.1. The quantitative estimate of drug-likeness (QED) is 0.892. The van der Waals surface area contributed by atoms with Gasteiger partial charge in [-0.25, -0.2) is 13.2 Å². The van der Waals surface area contributed by atoms with Crippen LogP contribution in [0.3, 0.4) is 0 Å². The second-order valence-corrected chi connectivity index (χ2v) is 3.47. The number of benzene rings is 1. The van der Waals surface area contributed by atoms with E-state index in [1.54, 1.807) is 0 Å². The lowest BCUT2D eigenvalue weighted by Gasteiger charge is -2.05. The van der Waals surface area contributed by atoms with Crippen molar-refractivity contribution in [3.8, 4) is 0 Å². The average Bonchev–Trinajstić information content (AvgIpc) is 2.32. The van der Waals surface area contributed by atoms with Crippen LogP contribution in [-0.4, -0.2) is 10.9 Å². The summed E-state index contributed by atoms with van der Waals surface area (Å²) in [5.41, 5.74) is 0.0582. The highest BCUT2D eigenvalue weighted by atomic mass is 19.2. The van der Waals surface area contributed by atoms with Crippen molar-refractivity contribution in [3.63, 3.8) is 0 Å². The van der Waals surface area contributed by atoms with Gasteiger partial charge < -0.3 is 5.32 Å². The maximum atomic E-state index is 12.9. The van der Waals surface area contributed by atoms with E-state index in [-0.39, 0.29) is 11.3 Å². The number of nitrogens with zero attached hydrogens (tertiary/aromatic N) is 1. The maximum absolute atomic E-state index is 12.9. The number of halogens is 3. The molecule has 0 saturated carbocycles. The maximum Gasteiger partial charge on any atom is 0.255 e. The molecule has 2 aromatic rings. The van der Waals surface area contributed by atoms with Crippen molar-refractivity contribution in [2.45, 2.75) is 0 Å². The molecule has 6 heteroatoms. The highest BCUT2D eigenvalue weighted by molar-refractivity contribution is 6.04. The van der Waals surface area contributed by atoms with E-state index in [9.17, 15) is 18.0 Å². The van der Waals surface area contributed by atoms with Crippen molar-refractivity contribution in [2.75, 3.05) is 5.32 Å². The summed E-state index contributed by atoms with van der Waals surface area (Å²) in [6.45, 7) is 0. The van der Waals surface area contributed by atoms with Crippen LogP contribution in [0.25, 0.3) is 0 Å². The van der Waals surface area contributed by atoms with Crippen LogP contribution >= 0.6 is 0 Å². The molecule has 0 unspecified atom stereocenters. The third kappa shape index (κ3) is 2.65. The Kier molecular flexibility index (Phi) is 3.27. The van der Waals surface area contributed by atoms with Gasteiger partial charge in [0.05, 0.1) is 18.1 Å². The molecular weight excluding hydrogens is 245 g/mol. The van der Waals surface area contributed by atoms with Crippen molar-refractivity contribution in [3.05, 3.63) is 59.7 Å². The molecule has 0 aliphatic carbocycles. The smallest absolute Gasteiger partial charge is 0.255 e. The average molecular weight is 252 g/mol. The normalized spacial score (nSPS) is 10.2. The van der Waals surface area contributed by atoms with Gasteiger partial charge in [0.2, 0.25) is 0 Å². The third-order valence-corrected chi connectivity index (χ3v) is 2.14. The summed E-state index contributed by atoms with van der Waals surface area (Å²) in [6.07, 6.45) is 2.22. The fraction of sp³-hybridized carbons (Fsp3) is 0. The first-order chi connectivity index (χ1) is 8.56. The van der Waals surface area contributed by atoms with Gasteiger partial charge in [0.1, 0.15) is 5.82 Å². The number of hydrogen-bond acceptors (Lipinski definition) is 2. The molecule has 0 fully saturated rings. The number of carbonyl (C=O) groups excluding carboxylic acids is 1. The Hall–Kier alpha value is -2.37. The Morgan fingerprint density at radius 1 is 1.06 bits per heavy atom. The molecule has 0 radical (unpaired) electrons. The number of carbonyl (C=O) groups is 1. The van der Waals surface area contributed by atoms with Crippen molar-refractivity contribution < 1.29 is 18.0 Å². The summed E-state index contributed by atoms with van der Waals surface area (Å²) in [5, 5.41) is 2.32. The van der Waals surface area contributed by atoms with Crippen LogP contribution in [0.15, 0.2) is 36.7 Å². The molecule has 1 heterocycles. The van der Waals surface area contributed by atoms with Gasteiger partial charge in [-0.05, 0) is 18.2 Å². The minimum Gasteiger partial charge on any atom is -0.320 e. The van der Waals surface area contributed by atoms with Gasteiger partial charge in [0.25, 0.3) is 5.91 Å². The van der Waals surface area contributed by atoms with Crippen molar-refractivity contribution in [1.82, 2.24) is 4.98 Å². The highest BCUT2D eigenvalue weighted by Gasteiger charge is 2.10. The number of rotatable bonds is 2. The predicted octanol–water partition coefficient (Wildman–Crippen LogP) is 2.75. The van der Waals surface area contributed by atoms with Gasteiger partial charge in [0, 0.05) is 11.6 Å². The molecule has 0 atom stereocenters. The zero-order chi connectivity index (χ0) is 13.1. The Morgan fingerprint density at radius 3 is 2.50 bits per heavy atom. The number of anilines is 1. The molecule has 92 valence electrons. The predicted molar refractivity (Wildman–Crippen MR) is 58.5 cm³/mol. The van der Waals surface area contributed by atoms with E-state index < -0.39 is 23.4 Å². The van der Waals surface area contributed by atoms with E-state index >= 15 is 0 Å². The fourth-order valence-corrected chi connectivity index (χ4v) is 1.32. The highest BCUT2D eigenvalue weighted by Crippen LogP contribution is 2.12. The Morgan fingerprint density at radius 2 is 1.83 bits per heavy atom. The van der Waals surface area contributed by atoms with Gasteiger partial charge in [-0.2, -0.15) is 0 Å². The Labute approximate surface area is 100 Å². The number of nitrogens with one attached hydrogen (secondary N) is 1. The van der Waals surface area contributed by atoms with Crippen molar-refractivity contribution in [2.24, 2.45) is 0 Å². The van der Waals surface area contributed by atoms with Gasteiger partial charge in [0.15, 0.2) is 11.6 Å². The zero-order valence-corrected chi connectivity index (χ0v) is 8.95. The van der Waals surface area contributed by atoms with Crippen LogP contribution < -0.4 is 5.32 Å². The van der Waals surface area contributed by atoms with Crippen LogP contribution in [0.1, 0.15) is 10.4 Å². The Balaban J connectivity index is 2.19. The van der Waals surface area contributed by atoms with E-state index in [4.69, 9.17) is 0 Å². The molecule has 1 amide bonds. The standard InChI is InChI=1S/C12H7F3N2O/c13-8-4-9(6-16-5-8)17-12(18)7-1-2-10(14)11(15)3-7/h1-6H,(H,17,18). The lowest BCUT2D eigenvalue weighted by molar-refractivity contribution is 0.102. The van der Waals surface area contributed by atoms with Crippen LogP contribution in [-0.2, 0) is 0 Å². The lowest BCUT2D eigenvalue weighted by atomic mass is 10.2. The number of pyridine rings is 1. The molecular formula is C12H7F3N2O. The summed E-state index contributed by atoms with van der Waals surface area (Å²) in [4.78, 5) is 15.2. The van der Waals surface area contributed by atoms with Crippen LogP contribution in [0.2, 0.25) is 0 Å². The lowest BCUT2D eigenvalue weighted by Crippen LogP contribution is -2.12. The van der Waals surface area contributed by atoms with Crippen LogP contribution in [0.4, 0.5) is 18.9 Å².